The first-order valence-corrected chi connectivity index (χ1v) is 7.89. The van der Waals surface area contributed by atoms with E-state index in [9.17, 15) is 0 Å². The van der Waals surface area contributed by atoms with Gasteiger partial charge in [-0.1, -0.05) is 50.2 Å². The molecule has 0 nitrogen and oxygen atoms in total. The van der Waals surface area contributed by atoms with Crippen LogP contribution in [0, 0.1) is 13.8 Å². The van der Waals surface area contributed by atoms with Gasteiger partial charge < -0.3 is 0 Å². The van der Waals surface area contributed by atoms with E-state index >= 15 is 0 Å². The molecule has 106 valence electrons. The highest BCUT2D eigenvalue weighted by atomic mass is 14.1. The number of benzene rings is 2. The second-order valence-electron chi connectivity index (χ2n) is 5.52. The molecule has 0 atom stereocenters. The van der Waals surface area contributed by atoms with Crippen LogP contribution in [0.2, 0.25) is 0 Å². The highest BCUT2D eigenvalue weighted by molar-refractivity contribution is 5.36. The Morgan fingerprint density at radius 2 is 1.00 bits per heavy atom. The van der Waals surface area contributed by atoms with Gasteiger partial charge in [0.25, 0.3) is 0 Å². The molecule has 0 spiro atoms. The molecule has 4 aliphatic carbocycles. The van der Waals surface area contributed by atoms with Crippen molar-refractivity contribution in [3.05, 3.63) is 69.8 Å². The minimum absolute atomic E-state index is 1.15. The van der Waals surface area contributed by atoms with Crippen LogP contribution < -0.4 is 0 Å². The molecule has 0 saturated heterocycles. The number of hydrogen-bond donors (Lipinski definition) is 0. The van der Waals surface area contributed by atoms with Crippen molar-refractivity contribution in [2.45, 2.75) is 53.4 Å². The zero-order valence-corrected chi connectivity index (χ0v) is 13.3. The van der Waals surface area contributed by atoms with Crippen LogP contribution in [0.3, 0.4) is 0 Å². The van der Waals surface area contributed by atoms with E-state index in [1.807, 2.05) is 13.8 Å². The normalized spacial score (nSPS) is 13.2. The Bertz CT molecular complexity index is 525. The molecular weight excluding hydrogens is 240 g/mol. The molecule has 20 heavy (non-hydrogen) atoms. The SMILES string of the molecule is CC.Cc1cc2ccc1CCc1ccc(c(C)c1)CC2. The minimum atomic E-state index is 1.15. The third-order valence-electron chi connectivity index (χ3n) is 4.18. The summed E-state index contributed by atoms with van der Waals surface area (Å²) in [5, 5.41) is 0. The van der Waals surface area contributed by atoms with Crippen LogP contribution in [-0.4, -0.2) is 0 Å². The number of hydrogen-bond acceptors (Lipinski definition) is 0. The van der Waals surface area contributed by atoms with Crippen molar-refractivity contribution >= 4 is 0 Å². The molecule has 6 rings (SSSR count). The molecule has 4 aliphatic rings. The van der Waals surface area contributed by atoms with E-state index in [0.717, 1.165) is 25.7 Å². The maximum absolute atomic E-state index is 2.37. The van der Waals surface area contributed by atoms with Crippen molar-refractivity contribution in [1.82, 2.24) is 0 Å². The van der Waals surface area contributed by atoms with Gasteiger partial charge >= 0.3 is 0 Å². The van der Waals surface area contributed by atoms with Crippen LogP contribution in [0.4, 0.5) is 0 Å². The minimum Gasteiger partial charge on any atom is -0.0683 e. The van der Waals surface area contributed by atoms with E-state index < -0.39 is 0 Å². The van der Waals surface area contributed by atoms with Crippen molar-refractivity contribution in [3.8, 4) is 0 Å². The predicted molar refractivity (Wildman–Crippen MR) is 88.5 cm³/mol. The summed E-state index contributed by atoms with van der Waals surface area (Å²) < 4.78 is 0. The lowest BCUT2D eigenvalue weighted by molar-refractivity contribution is 0.904. The summed E-state index contributed by atoms with van der Waals surface area (Å²) >= 11 is 0. The van der Waals surface area contributed by atoms with Gasteiger partial charge in [0.1, 0.15) is 0 Å². The van der Waals surface area contributed by atoms with Gasteiger partial charge in [0.15, 0.2) is 0 Å². The maximum atomic E-state index is 2.37. The lowest BCUT2D eigenvalue weighted by Gasteiger charge is -2.14. The van der Waals surface area contributed by atoms with E-state index in [0.29, 0.717) is 0 Å². The smallest absolute Gasteiger partial charge is 0.0236 e. The molecule has 0 fully saturated rings. The maximum Gasteiger partial charge on any atom is -0.0236 e. The molecule has 0 heterocycles. The molecule has 0 radical (unpaired) electrons. The Balaban J connectivity index is 0.000000704. The van der Waals surface area contributed by atoms with Gasteiger partial charge in [-0.25, -0.2) is 0 Å². The van der Waals surface area contributed by atoms with Crippen molar-refractivity contribution in [3.63, 3.8) is 0 Å². The Morgan fingerprint density at radius 1 is 0.600 bits per heavy atom. The second kappa shape index (κ2) is 6.74. The highest BCUT2D eigenvalue weighted by Gasteiger charge is 2.07. The topological polar surface area (TPSA) is 0 Å². The summed E-state index contributed by atoms with van der Waals surface area (Å²) in [7, 11) is 0. The lowest BCUT2D eigenvalue weighted by atomic mass is 9.92. The zero-order chi connectivity index (χ0) is 14.5. The quantitative estimate of drug-likeness (QED) is 0.614. The van der Waals surface area contributed by atoms with Crippen LogP contribution in [0.5, 0.6) is 0 Å². The van der Waals surface area contributed by atoms with Gasteiger partial charge in [-0.15, -0.1) is 0 Å². The Kier molecular flexibility index (Phi) is 5.00. The summed E-state index contributed by atoms with van der Waals surface area (Å²) in [5.41, 5.74) is 8.86. The fraction of sp³-hybridized carbons (Fsp3) is 0.400. The Morgan fingerprint density at radius 3 is 1.35 bits per heavy atom. The molecule has 0 N–H and O–H groups in total. The predicted octanol–water partition coefficient (Wildman–Crippen LogP) is 5.21. The molecule has 4 bridgehead atoms. The van der Waals surface area contributed by atoms with Crippen molar-refractivity contribution in [2.75, 3.05) is 0 Å². The third kappa shape index (κ3) is 3.30. The molecule has 0 saturated carbocycles. The van der Waals surface area contributed by atoms with E-state index in [4.69, 9.17) is 0 Å². The standard InChI is InChI=1S/C18H20.C2H6/c1-13-11-15-3-7-17(13)9-5-16-4-8-18(10-6-15)14(2)12-16;1-2/h3-4,7-8,11-12H,5-6,9-10H2,1-2H3;1-2H3. The summed E-state index contributed by atoms with van der Waals surface area (Å²) in [4.78, 5) is 0. The summed E-state index contributed by atoms with van der Waals surface area (Å²) in [6.07, 6.45) is 4.62. The van der Waals surface area contributed by atoms with Gasteiger partial charge in [0, 0.05) is 0 Å². The fourth-order valence-corrected chi connectivity index (χ4v) is 2.95. The highest BCUT2D eigenvalue weighted by Crippen LogP contribution is 2.20. The van der Waals surface area contributed by atoms with Crippen LogP contribution >= 0.6 is 0 Å². The van der Waals surface area contributed by atoms with E-state index in [-0.39, 0.29) is 0 Å². The first-order valence-electron chi connectivity index (χ1n) is 7.89. The van der Waals surface area contributed by atoms with Crippen molar-refractivity contribution < 1.29 is 0 Å². The van der Waals surface area contributed by atoms with Gasteiger partial charge in [0.05, 0.1) is 0 Å². The van der Waals surface area contributed by atoms with Gasteiger partial charge in [-0.05, 0) is 72.9 Å². The first kappa shape index (κ1) is 14.8. The largest absolute Gasteiger partial charge is 0.0683 e. The van der Waals surface area contributed by atoms with Gasteiger partial charge in [-0.2, -0.15) is 0 Å². The monoisotopic (exact) mass is 266 g/mol. The van der Waals surface area contributed by atoms with Crippen LogP contribution in [0.25, 0.3) is 0 Å². The van der Waals surface area contributed by atoms with Gasteiger partial charge in [-0.3, -0.25) is 0 Å². The van der Waals surface area contributed by atoms with Crippen LogP contribution in [0.15, 0.2) is 36.4 Å². The first-order chi connectivity index (χ1) is 9.72. The molecule has 0 aliphatic heterocycles. The zero-order valence-electron chi connectivity index (χ0n) is 13.3. The molecule has 0 aromatic heterocycles. The summed E-state index contributed by atoms with van der Waals surface area (Å²) in [6, 6.07) is 14.0. The average Bonchev–Trinajstić information content (AvgIpc) is 2.45. The van der Waals surface area contributed by atoms with Crippen molar-refractivity contribution in [2.24, 2.45) is 0 Å². The summed E-state index contributed by atoms with van der Waals surface area (Å²) in [6.45, 7) is 8.50. The van der Waals surface area contributed by atoms with Crippen molar-refractivity contribution in [1.29, 1.82) is 0 Å². The number of aryl methyl sites for hydroxylation is 6. The second-order valence-corrected chi connectivity index (χ2v) is 5.52. The molecular formula is C20H26. The third-order valence-corrected chi connectivity index (χ3v) is 4.18. The van der Waals surface area contributed by atoms with Crippen LogP contribution in [-0.2, 0) is 25.7 Å². The average molecular weight is 266 g/mol. The molecule has 0 heteroatoms. The molecule has 0 unspecified atom stereocenters. The Hall–Kier alpha value is -1.56. The number of rotatable bonds is 0. The molecule has 0 amide bonds. The lowest BCUT2D eigenvalue weighted by Crippen LogP contribution is -2.01. The fourth-order valence-electron chi connectivity index (χ4n) is 2.95. The molecule has 2 aromatic rings. The van der Waals surface area contributed by atoms with E-state index in [2.05, 4.69) is 50.2 Å². The van der Waals surface area contributed by atoms with E-state index in [1.165, 1.54) is 33.4 Å². The Labute approximate surface area is 123 Å². The van der Waals surface area contributed by atoms with E-state index in [1.54, 1.807) is 0 Å². The molecule has 2 aromatic carbocycles. The van der Waals surface area contributed by atoms with Crippen LogP contribution in [0.1, 0.15) is 47.2 Å². The van der Waals surface area contributed by atoms with Gasteiger partial charge in [0.2, 0.25) is 0 Å². The summed E-state index contributed by atoms with van der Waals surface area (Å²) in [5.74, 6) is 0.